The summed E-state index contributed by atoms with van der Waals surface area (Å²) in [6, 6.07) is 30.0. The Hall–Kier alpha value is -2.95. The first-order chi connectivity index (χ1) is 13.7. The highest BCUT2D eigenvalue weighted by Crippen LogP contribution is 2.40. The summed E-state index contributed by atoms with van der Waals surface area (Å²) < 4.78 is 16.7. The van der Waals surface area contributed by atoms with Gasteiger partial charge < -0.3 is 14.2 Å². The molecule has 0 saturated heterocycles. The minimum atomic E-state index is -0.894. The average Bonchev–Trinajstić information content (AvgIpc) is 2.78. The molecule has 0 heterocycles. The predicted octanol–water partition coefficient (Wildman–Crippen LogP) is 4.18. The molecule has 4 nitrogen and oxygen atoms in total. The summed E-state index contributed by atoms with van der Waals surface area (Å²) in [6.45, 7) is 0.0435. The average molecular weight is 376 g/mol. The molecule has 0 saturated carbocycles. The van der Waals surface area contributed by atoms with E-state index < -0.39 is 17.7 Å². The molecule has 0 amide bonds. The van der Waals surface area contributed by atoms with Gasteiger partial charge in [0.05, 0.1) is 13.7 Å². The second kappa shape index (κ2) is 9.31. The van der Waals surface area contributed by atoms with Crippen LogP contribution in [0.2, 0.25) is 0 Å². The molecular weight excluding hydrogens is 352 g/mol. The molecule has 0 radical (unpaired) electrons. The molecule has 144 valence electrons. The summed E-state index contributed by atoms with van der Waals surface area (Å²) in [5.74, 6) is -0.467. The number of benzene rings is 3. The Bertz CT molecular complexity index is 766. The normalized spacial score (nSPS) is 12.4. The van der Waals surface area contributed by atoms with Crippen molar-refractivity contribution in [1.29, 1.82) is 0 Å². The highest BCUT2D eigenvalue weighted by Gasteiger charge is 2.39. The number of esters is 1. The van der Waals surface area contributed by atoms with Gasteiger partial charge in [0, 0.05) is 7.11 Å². The molecule has 0 bridgehead atoms. The molecule has 3 aromatic carbocycles. The van der Waals surface area contributed by atoms with Crippen molar-refractivity contribution in [3.8, 4) is 0 Å². The zero-order valence-corrected chi connectivity index (χ0v) is 16.1. The summed E-state index contributed by atoms with van der Waals surface area (Å²) in [7, 11) is 2.81. The van der Waals surface area contributed by atoms with Crippen LogP contribution in [0.25, 0.3) is 0 Å². The maximum absolute atomic E-state index is 12.0. The van der Waals surface area contributed by atoms with Crippen molar-refractivity contribution >= 4 is 5.97 Å². The maximum Gasteiger partial charge on any atom is 0.337 e. The third kappa shape index (κ3) is 3.98. The number of hydrogen-bond donors (Lipinski definition) is 0. The second-order valence-corrected chi connectivity index (χ2v) is 6.34. The number of rotatable bonds is 8. The van der Waals surface area contributed by atoms with Gasteiger partial charge in [0.15, 0.2) is 6.10 Å². The number of carbonyl (C=O) groups is 1. The van der Waals surface area contributed by atoms with E-state index in [0.29, 0.717) is 0 Å². The number of carbonyl (C=O) groups excluding carboxylic acids is 1. The van der Waals surface area contributed by atoms with Crippen molar-refractivity contribution in [2.75, 3.05) is 20.8 Å². The van der Waals surface area contributed by atoms with Crippen LogP contribution in [0, 0.1) is 0 Å². The zero-order chi connectivity index (χ0) is 19.8. The summed E-state index contributed by atoms with van der Waals surface area (Å²) >= 11 is 0. The van der Waals surface area contributed by atoms with E-state index in [2.05, 4.69) is 0 Å². The lowest BCUT2D eigenvalue weighted by Crippen LogP contribution is -2.38. The molecule has 0 aromatic heterocycles. The van der Waals surface area contributed by atoms with Crippen LogP contribution in [-0.4, -0.2) is 32.9 Å². The van der Waals surface area contributed by atoms with E-state index in [1.807, 2.05) is 91.0 Å². The minimum absolute atomic E-state index is 0.0435. The largest absolute Gasteiger partial charge is 0.467 e. The summed E-state index contributed by atoms with van der Waals surface area (Å²) in [5, 5.41) is 0. The van der Waals surface area contributed by atoms with Gasteiger partial charge in [-0.1, -0.05) is 91.0 Å². The van der Waals surface area contributed by atoms with E-state index in [9.17, 15) is 4.79 Å². The van der Waals surface area contributed by atoms with Crippen LogP contribution in [-0.2, 0) is 24.6 Å². The highest BCUT2D eigenvalue weighted by molar-refractivity contribution is 5.74. The molecule has 3 rings (SSSR count). The van der Waals surface area contributed by atoms with E-state index in [1.165, 1.54) is 14.2 Å². The van der Waals surface area contributed by atoms with Crippen molar-refractivity contribution in [3.63, 3.8) is 0 Å². The van der Waals surface area contributed by atoms with Crippen LogP contribution in [0.3, 0.4) is 0 Å². The Morgan fingerprint density at radius 2 is 1.14 bits per heavy atom. The topological polar surface area (TPSA) is 44.8 Å². The van der Waals surface area contributed by atoms with Gasteiger partial charge >= 0.3 is 5.97 Å². The van der Waals surface area contributed by atoms with Gasteiger partial charge in [-0.15, -0.1) is 0 Å². The summed E-state index contributed by atoms with van der Waals surface area (Å²) in [5.41, 5.74) is 2.00. The van der Waals surface area contributed by atoms with Gasteiger partial charge in [-0.05, 0) is 16.7 Å². The molecule has 3 aromatic rings. The Morgan fingerprint density at radius 1 is 0.750 bits per heavy atom. The molecule has 0 fully saturated rings. The SMILES string of the molecule is COC(=O)[C@@H](COC(c1ccccc1)(c1ccccc1)c1ccccc1)OC. The minimum Gasteiger partial charge on any atom is -0.467 e. The summed E-state index contributed by atoms with van der Waals surface area (Å²) in [6.07, 6.45) is -0.819. The Morgan fingerprint density at radius 3 is 1.46 bits per heavy atom. The molecule has 0 N–H and O–H groups in total. The monoisotopic (exact) mass is 376 g/mol. The van der Waals surface area contributed by atoms with E-state index >= 15 is 0 Å². The smallest absolute Gasteiger partial charge is 0.337 e. The molecular formula is C24H24O4. The van der Waals surface area contributed by atoms with Gasteiger partial charge in [0.1, 0.15) is 5.60 Å². The molecule has 0 aliphatic carbocycles. The number of methoxy groups -OCH3 is 2. The van der Waals surface area contributed by atoms with Crippen LogP contribution in [0.15, 0.2) is 91.0 Å². The van der Waals surface area contributed by atoms with Gasteiger partial charge in [-0.3, -0.25) is 0 Å². The van der Waals surface area contributed by atoms with E-state index in [1.54, 1.807) is 0 Å². The standard InChI is InChI=1S/C24H24O4/c1-26-22(23(25)27-2)18-28-24(19-12-6-3-7-13-19,20-14-8-4-9-15-20)21-16-10-5-11-17-21/h3-17,22H,18H2,1-2H3/t22-/m1/s1. The molecule has 4 heteroatoms. The number of ether oxygens (including phenoxy) is 3. The van der Waals surface area contributed by atoms with E-state index in [0.717, 1.165) is 16.7 Å². The molecule has 28 heavy (non-hydrogen) atoms. The van der Waals surface area contributed by atoms with Gasteiger partial charge in [-0.25, -0.2) is 4.79 Å². The van der Waals surface area contributed by atoms with E-state index in [-0.39, 0.29) is 6.61 Å². The first-order valence-corrected chi connectivity index (χ1v) is 9.13. The van der Waals surface area contributed by atoms with Crippen molar-refractivity contribution in [2.45, 2.75) is 11.7 Å². The van der Waals surface area contributed by atoms with Crippen LogP contribution in [0.1, 0.15) is 16.7 Å². The Labute approximate surface area is 165 Å². The maximum atomic E-state index is 12.0. The third-order valence-corrected chi connectivity index (χ3v) is 4.74. The molecule has 0 aliphatic heterocycles. The zero-order valence-electron chi connectivity index (χ0n) is 16.1. The van der Waals surface area contributed by atoms with Crippen molar-refractivity contribution in [2.24, 2.45) is 0 Å². The predicted molar refractivity (Wildman–Crippen MR) is 108 cm³/mol. The fraction of sp³-hybridized carbons (Fsp3) is 0.208. The van der Waals surface area contributed by atoms with Crippen LogP contribution in [0.5, 0.6) is 0 Å². The molecule has 0 spiro atoms. The van der Waals surface area contributed by atoms with Crippen molar-refractivity contribution < 1.29 is 19.0 Å². The first-order valence-electron chi connectivity index (χ1n) is 9.13. The van der Waals surface area contributed by atoms with Gasteiger partial charge in [0.25, 0.3) is 0 Å². The van der Waals surface area contributed by atoms with E-state index in [4.69, 9.17) is 14.2 Å². The third-order valence-electron chi connectivity index (χ3n) is 4.74. The fourth-order valence-corrected chi connectivity index (χ4v) is 3.33. The van der Waals surface area contributed by atoms with Gasteiger partial charge in [-0.2, -0.15) is 0 Å². The first kappa shape index (κ1) is 19.8. The number of hydrogen-bond acceptors (Lipinski definition) is 4. The molecule has 0 unspecified atom stereocenters. The molecule has 1 atom stereocenters. The van der Waals surface area contributed by atoms with Crippen LogP contribution < -0.4 is 0 Å². The lowest BCUT2D eigenvalue weighted by molar-refractivity contribution is -0.158. The Kier molecular flexibility index (Phi) is 6.58. The summed E-state index contributed by atoms with van der Waals surface area (Å²) in [4.78, 5) is 12.0. The van der Waals surface area contributed by atoms with Crippen molar-refractivity contribution in [3.05, 3.63) is 108 Å². The van der Waals surface area contributed by atoms with Crippen molar-refractivity contribution in [1.82, 2.24) is 0 Å². The highest BCUT2D eigenvalue weighted by atomic mass is 16.6. The quantitative estimate of drug-likeness (QED) is 0.437. The van der Waals surface area contributed by atoms with Crippen LogP contribution >= 0.6 is 0 Å². The van der Waals surface area contributed by atoms with Crippen LogP contribution in [0.4, 0.5) is 0 Å². The lowest BCUT2D eigenvalue weighted by Gasteiger charge is -2.36. The molecule has 0 aliphatic rings. The van der Waals surface area contributed by atoms with Gasteiger partial charge in [0.2, 0.25) is 0 Å². The second-order valence-electron chi connectivity index (χ2n) is 6.34. The lowest BCUT2D eigenvalue weighted by atomic mass is 9.80. The Balaban J connectivity index is 2.15. The fourth-order valence-electron chi connectivity index (χ4n) is 3.33.